The summed E-state index contributed by atoms with van der Waals surface area (Å²) in [6.07, 6.45) is 7.74. The lowest BCUT2D eigenvalue weighted by atomic mass is 9.97. The molecule has 0 spiro atoms. The van der Waals surface area contributed by atoms with Gasteiger partial charge in [0, 0.05) is 17.8 Å². The molecular formula is C13H16N4OS. The van der Waals surface area contributed by atoms with Crippen molar-refractivity contribution in [3.05, 3.63) is 34.3 Å². The van der Waals surface area contributed by atoms with Crippen LogP contribution in [0.5, 0.6) is 0 Å². The van der Waals surface area contributed by atoms with Gasteiger partial charge in [0.25, 0.3) is 5.56 Å². The van der Waals surface area contributed by atoms with Crippen molar-refractivity contribution >= 4 is 17.5 Å². The van der Waals surface area contributed by atoms with E-state index in [1.807, 2.05) is 12.3 Å². The van der Waals surface area contributed by atoms with E-state index in [0.717, 1.165) is 36.9 Å². The molecule has 0 fully saturated rings. The molecule has 5 nitrogen and oxygen atoms in total. The molecule has 0 bridgehead atoms. The fourth-order valence-corrected chi connectivity index (χ4v) is 3.01. The molecule has 0 unspecified atom stereocenters. The molecule has 0 saturated heterocycles. The molecule has 2 aromatic heterocycles. The monoisotopic (exact) mass is 276 g/mol. The van der Waals surface area contributed by atoms with Gasteiger partial charge in [-0.2, -0.15) is 9.50 Å². The maximum absolute atomic E-state index is 12.5. The van der Waals surface area contributed by atoms with Gasteiger partial charge in [-0.05, 0) is 31.9 Å². The Kier molecular flexibility index (Phi) is 3.18. The molecule has 0 radical (unpaired) electrons. The van der Waals surface area contributed by atoms with Gasteiger partial charge in [0.15, 0.2) is 0 Å². The number of fused-ring (bicyclic) bond motifs is 2. The van der Waals surface area contributed by atoms with Crippen LogP contribution in [-0.4, -0.2) is 25.4 Å². The largest absolute Gasteiger partial charge is 0.310 e. The van der Waals surface area contributed by atoms with E-state index in [4.69, 9.17) is 0 Å². The summed E-state index contributed by atoms with van der Waals surface area (Å²) < 4.78 is 3.52. The molecule has 0 atom stereocenters. The molecule has 0 saturated carbocycles. The Morgan fingerprint density at radius 1 is 1.42 bits per heavy atom. The lowest BCUT2D eigenvalue weighted by molar-refractivity contribution is 0.600. The van der Waals surface area contributed by atoms with E-state index < -0.39 is 0 Å². The molecule has 100 valence electrons. The minimum absolute atomic E-state index is 0.00203. The molecule has 1 aliphatic rings. The number of nitrogens with zero attached hydrogens (tertiary/aromatic N) is 4. The SMILES string of the molecule is C=CCn1c2c(c(=O)n3nc(SC)nc13)CCCC2. The summed E-state index contributed by atoms with van der Waals surface area (Å²) in [6.45, 7) is 4.46. The first kappa shape index (κ1) is 12.5. The number of rotatable bonds is 3. The Morgan fingerprint density at radius 3 is 2.95 bits per heavy atom. The smallest absolute Gasteiger partial charge is 0.279 e. The van der Waals surface area contributed by atoms with Crippen LogP contribution in [0.1, 0.15) is 24.1 Å². The summed E-state index contributed by atoms with van der Waals surface area (Å²) >= 11 is 1.45. The third kappa shape index (κ3) is 1.90. The second-order valence-electron chi connectivity index (χ2n) is 4.65. The quantitative estimate of drug-likeness (QED) is 0.632. The Balaban J connectivity index is 2.39. The first-order chi connectivity index (χ1) is 9.26. The second kappa shape index (κ2) is 4.85. The van der Waals surface area contributed by atoms with Crippen molar-refractivity contribution in [1.29, 1.82) is 0 Å². The number of hydrogen-bond donors (Lipinski definition) is 0. The van der Waals surface area contributed by atoms with Crippen LogP contribution in [0.2, 0.25) is 0 Å². The molecule has 0 aliphatic heterocycles. The number of allylic oxidation sites excluding steroid dienone is 1. The van der Waals surface area contributed by atoms with Crippen molar-refractivity contribution in [3.8, 4) is 0 Å². The summed E-state index contributed by atoms with van der Waals surface area (Å²) in [5, 5.41) is 4.92. The first-order valence-electron chi connectivity index (χ1n) is 6.42. The molecule has 0 aromatic carbocycles. The maximum Gasteiger partial charge on any atom is 0.279 e. The standard InChI is InChI=1S/C13H16N4OS/c1-3-8-16-10-7-5-4-6-9(10)11(18)17-13(16)14-12(15-17)19-2/h3H,1,4-8H2,2H3. The molecule has 19 heavy (non-hydrogen) atoms. The lowest BCUT2D eigenvalue weighted by Gasteiger charge is -2.20. The van der Waals surface area contributed by atoms with Crippen LogP contribution in [0, 0.1) is 0 Å². The van der Waals surface area contributed by atoms with E-state index >= 15 is 0 Å². The Labute approximate surface area is 115 Å². The fourth-order valence-electron chi connectivity index (χ4n) is 2.67. The van der Waals surface area contributed by atoms with E-state index in [-0.39, 0.29) is 5.56 Å². The van der Waals surface area contributed by atoms with Crippen LogP contribution in [0.25, 0.3) is 5.78 Å². The average Bonchev–Trinajstić information content (AvgIpc) is 2.88. The predicted octanol–water partition coefficient (Wildman–Crippen LogP) is 1.68. The van der Waals surface area contributed by atoms with Crippen LogP contribution < -0.4 is 5.56 Å². The third-order valence-electron chi connectivity index (χ3n) is 3.52. The number of thioether (sulfide) groups is 1. The van der Waals surface area contributed by atoms with Crippen LogP contribution in [0.4, 0.5) is 0 Å². The van der Waals surface area contributed by atoms with E-state index in [9.17, 15) is 4.79 Å². The summed E-state index contributed by atoms with van der Waals surface area (Å²) in [6, 6.07) is 0. The molecule has 0 N–H and O–H groups in total. The van der Waals surface area contributed by atoms with Gasteiger partial charge in [-0.3, -0.25) is 4.79 Å². The van der Waals surface area contributed by atoms with E-state index in [1.54, 1.807) is 0 Å². The van der Waals surface area contributed by atoms with Crippen molar-refractivity contribution in [3.63, 3.8) is 0 Å². The van der Waals surface area contributed by atoms with Crippen LogP contribution >= 0.6 is 11.8 Å². The van der Waals surface area contributed by atoms with Gasteiger partial charge >= 0.3 is 0 Å². The highest BCUT2D eigenvalue weighted by Gasteiger charge is 2.21. The third-order valence-corrected chi connectivity index (χ3v) is 4.06. The highest BCUT2D eigenvalue weighted by Crippen LogP contribution is 2.21. The Hall–Kier alpha value is -1.56. The van der Waals surface area contributed by atoms with E-state index in [1.165, 1.54) is 16.3 Å². The highest BCUT2D eigenvalue weighted by molar-refractivity contribution is 7.98. The zero-order valence-corrected chi connectivity index (χ0v) is 11.7. The van der Waals surface area contributed by atoms with Crippen molar-refractivity contribution in [2.75, 3.05) is 6.26 Å². The zero-order chi connectivity index (χ0) is 13.4. The highest BCUT2D eigenvalue weighted by atomic mass is 32.2. The Bertz CT molecular complexity index is 701. The molecule has 0 amide bonds. The lowest BCUT2D eigenvalue weighted by Crippen LogP contribution is -2.29. The van der Waals surface area contributed by atoms with Crippen LogP contribution in [-0.2, 0) is 19.4 Å². The van der Waals surface area contributed by atoms with Crippen molar-refractivity contribution in [2.45, 2.75) is 37.4 Å². The van der Waals surface area contributed by atoms with Crippen molar-refractivity contribution in [2.24, 2.45) is 0 Å². The zero-order valence-electron chi connectivity index (χ0n) is 10.9. The van der Waals surface area contributed by atoms with Gasteiger partial charge in [0.1, 0.15) is 0 Å². The second-order valence-corrected chi connectivity index (χ2v) is 5.42. The van der Waals surface area contributed by atoms with E-state index in [0.29, 0.717) is 17.5 Å². The summed E-state index contributed by atoms with van der Waals surface area (Å²) in [4.78, 5) is 16.9. The van der Waals surface area contributed by atoms with Gasteiger partial charge in [0.2, 0.25) is 10.9 Å². The predicted molar refractivity (Wildman–Crippen MR) is 75.9 cm³/mol. The first-order valence-corrected chi connectivity index (χ1v) is 7.65. The molecule has 1 aliphatic carbocycles. The van der Waals surface area contributed by atoms with Crippen LogP contribution in [0.15, 0.2) is 22.6 Å². The average molecular weight is 276 g/mol. The molecule has 6 heteroatoms. The summed E-state index contributed by atoms with van der Waals surface area (Å²) in [5.41, 5.74) is 2.01. The van der Waals surface area contributed by atoms with Gasteiger partial charge < -0.3 is 4.57 Å². The minimum atomic E-state index is -0.00203. The fraction of sp³-hybridized carbons (Fsp3) is 0.462. The van der Waals surface area contributed by atoms with E-state index in [2.05, 4.69) is 21.2 Å². The summed E-state index contributed by atoms with van der Waals surface area (Å²) in [7, 11) is 0. The summed E-state index contributed by atoms with van der Waals surface area (Å²) in [5.74, 6) is 0.634. The number of aromatic nitrogens is 4. The Morgan fingerprint density at radius 2 is 2.21 bits per heavy atom. The minimum Gasteiger partial charge on any atom is -0.310 e. The molecule has 3 rings (SSSR count). The van der Waals surface area contributed by atoms with Crippen molar-refractivity contribution < 1.29 is 0 Å². The van der Waals surface area contributed by atoms with Gasteiger partial charge in [-0.1, -0.05) is 17.8 Å². The number of hydrogen-bond acceptors (Lipinski definition) is 4. The molecular weight excluding hydrogens is 260 g/mol. The van der Waals surface area contributed by atoms with Crippen molar-refractivity contribution in [1.82, 2.24) is 19.2 Å². The normalized spacial score (nSPS) is 14.6. The van der Waals surface area contributed by atoms with Crippen LogP contribution in [0.3, 0.4) is 0 Å². The topological polar surface area (TPSA) is 52.2 Å². The maximum atomic E-state index is 12.5. The van der Waals surface area contributed by atoms with Gasteiger partial charge in [0.05, 0.1) is 0 Å². The van der Waals surface area contributed by atoms with Gasteiger partial charge in [-0.15, -0.1) is 11.7 Å². The van der Waals surface area contributed by atoms with Gasteiger partial charge in [-0.25, -0.2) is 0 Å². The molecule has 2 aromatic rings. The molecule has 2 heterocycles.